The number of aliphatic imine (C=N–C) groups is 1. The summed E-state index contributed by atoms with van der Waals surface area (Å²) < 4.78 is 0. The number of guanidine groups is 1. The number of carbonyl (C=O) groups excluding carboxylic acids is 3. The van der Waals surface area contributed by atoms with Crippen LogP contribution in [0.15, 0.2) is 71.7 Å². The van der Waals surface area contributed by atoms with Crippen LogP contribution in [0, 0.1) is 5.92 Å². The molecule has 4 N–H and O–H groups in total. The average molecular weight is 610 g/mol. The second-order valence-electron chi connectivity index (χ2n) is 9.79. The average Bonchev–Trinajstić information content (AvgIpc) is 2.98. The number of carbonyl (C=O) groups is 4. The van der Waals surface area contributed by atoms with Crippen molar-refractivity contribution in [2.75, 3.05) is 25.0 Å². The summed E-state index contributed by atoms with van der Waals surface area (Å²) in [6.45, 7) is 1.25. The second kappa shape index (κ2) is 14.6. The fourth-order valence-corrected chi connectivity index (χ4v) is 5.13. The molecule has 0 fully saturated rings. The van der Waals surface area contributed by atoms with Gasteiger partial charge < -0.3 is 21.1 Å². The third-order valence-corrected chi connectivity index (χ3v) is 7.27. The van der Waals surface area contributed by atoms with Crippen LogP contribution >= 0.6 is 23.2 Å². The Morgan fingerprint density at radius 2 is 1.64 bits per heavy atom. The number of carboxylic acids is 1. The number of Topliss-reactive ketones (excluding diaryl/α,β-unsaturated/α-hetero) is 2. The minimum Gasteiger partial charge on any atom is -0.481 e. The van der Waals surface area contributed by atoms with Crippen LogP contribution in [0.3, 0.4) is 0 Å². The van der Waals surface area contributed by atoms with Gasteiger partial charge in [0.05, 0.1) is 21.5 Å². The van der Waals surface area contributed by atoms with Gasteiger partial charge >= 0.3 is 5.97 Å². The number of hydrogen-bond acceptors (Lipinski definition) is 7. The Labute approximate surface area is 253 Å². The van der Waals surface area contributed by atoms with Crippen molar-refractivity contribution in [3.05, 3.63) is 87.9 Å². The third-order valence-electron chi connectivity index (χ3n) is 6.68. The third kappa shape index (κ3) is 8.41. The lowest BCUT2D eigenvalue weighted by Gasteiger charge is -2.16. The number of halogens is 2. The van der Waals surface area contributed by atoms with Gasteiger partial charge in [-0.2, -0.15) is 0 Å². The van der Waals surface area contributed by atoms with Crippen LogP contribution in [0.2, 0.25) is 10.0 Å². The van der Waals surface area contributed by atoms with Crippen LogP contribution < -0.4 is 16.0 Å². The predicted octanol–water partition coefficient (Wildman–Crippen LogP) is 5.47. The van der Waals surface area contributed by atoms with E-state index in [1.165, 1.54) is 0 Å². The minimum atomic E-state index is -1.26. The van der Waals surface area contributed by atoms with Gasteiger partial charge in [-0.3, -0.25) is 24.2 Å². The Hall–Kier alpha value is -4.21. The number of ketones is 2. The summed E-state index contributed by atoms with van der Waals surface area (Å²) in [5.74, 6) is -3.11. The molecule has 0 aliphatic carbocycles. The lowest BCUT2D eigenvalue weighted by molar-refractivity contribution is -0.141. The van der Waals surface area contributed by atoms with Gasteiger partial charge in [-0.15, -0.1) is 0 Å². The highest BCUT2D eigenvalue weighted by Crippen LogP contribution is 2.33. The maximum Gasteiger partial charge on any atom is 0.308 e. The first-order valence-corrected chi connectivity index (χ1v) is 14.2. The summed E-state index contributed by atoms with van der Waals surface area (Å²) in [7, 11) is 0. The molecular formula is C31H30Cl2N4O5. The van der Waals surface area contributed by atoms with Crippen molar-refractivity contribution in [3.8, 4) is 11.1 Å². The Morgan fingerprint density at radius 3 is 2.31 bits per heavy atom. The molecule has 1 heterocycles. The van der Waals surface area contributed by atoms with Crippen LogP contribution in [0.1, 0.15) is 46.4 Å². The summed E-state index contributed by atoms with van der Waals surface area (Å²) in [5.41, 5.74) is 2.75. The molecule has 0 bridgehead atoms. The molecule has 42 heavy (non-hydrogen) atoms. The molecule has 1 atom stereocenters. The molecule has 1 amide bonds. The molecule has 1 aliphatic heterocycles. The number of carboxylic acid groups (broad SMARTS) is 1. The van der Waals surface area contributed by atoms with Gasteiger partial charge in [-0.05, 0) is 41.8 Å². The van der Waals surface area contributed by atoms with Crippen molar-refractivity contribution in [3.63, 3.8) is 0 Å². The maximum atomic E-state index is 13.0. The van der Waals surface area contributed by atoms with Gasteiger partial charge in [-0.1, -0.05) is 65.7 Å². The molecule has 0 aromatic heterocycles. The lowest BCUT2D eigenvalue weighted by Crippen LogP contribution is -2.35. The largest absolute Gasteiger partial charge is 0.481 e. The van der Waals surface area contributed by atoms with E-state index in [9.17, 15) is 24.3 Å². The molecule has 9 nitrogen and oxygen atoms in total. The monoisotopic (exact) mass is 608 g/mol. The standard InChI is InChI=1S/C31H30Cl2N4O5/c32-24-15-21(19-6-2-1-3-7-19)16-25(33)29(24)27(39)17-22(30(41)42)18-36-28(40)11-10-26(38)20-8-4-9-23(14-20)37-31-34-12-5-13-35-31/h1-4,6-9,14-16,22H,5,10-13,17-18H2,(H,36,40)(H,41,42)(H2,34,35,37)/t22-/m0/s1. The molecule has 4 rings (SSSR count). The first-order valence-electron chi connectivity index (χ1n) is 13.5. The van der Waals surface area contributed by atoms with E-state index in [-0.39, 0.29) is 40.8 Å². The molecule has 11 heteroatoms. The molecule has 0 spiro atoms. The first-order chi connectivity index (χ1) is 20.2. The molecule has 0 saturated heterocycles. The van der Waals surface area contributed by atoms with Crippen molar-refractivity contribution < 1.29 is 24.3 Å². The fraction of sp³-hybridized carbons (Fsp3) is 0.258. The van der Waals surface area contributed by atoms with Crippen molar-refractivity contribution in [1.82, 2.24) is 10.6 Å². The van der Waals surface area contributed by atoms with Crippen molar-refractivity contribution in [2.24, 2.45) is 10.9 Å². The van der Waals surface area contributed by atoms with Crippen LogP contribution in [0.4, 0.5) is 5.69 Å². The van der Waals surface area contributed by atoms with E-state index in [0.717, 1.165) is 30.6 Å². The number of aliphatic carboxylic acids is 1. The van der Waals surface area contributed by atoms with Gasteiger partial charge in [0.15, 0.2) is 17.5 Å². The molecule has 218 valence electrons. The van der Waals surface area contributed by atoms with E-state index < -0.39 is 30.0 Å². The molecule has 3 aromatic carbocycles. The zero-order valence-electron chi connectivity index (χ0n) is 22.7. The molecule has 3 aromatic rings. The van der Waals surface area contributed by atoms with Crippen molar-refractivity contribution in [1.29, 1.82) is 0 Å². The van der Waals surface area contributed by atoms with E-state index in [2.05, 4.69) is 20.9 Å². The zero-order valence-corrected chi connectivity index (χ0v) is 24.2. The van der Waals surface area contributed by atoms with Gasteiger partial charge in [-0.25, -0.2) is 0 Å². The van der Waals surface area contributed by atoms with Crippen molar-refractivity contribution in [2.45, 2.75) is 25.7 Å². The quantitative estimate of drug-likeness (QED) is 0.200. The molecule has 1 aliphatic rings. The SMILES string of the molecule is O=C(CCC(=O)c1cccc(NC2=NCCCN2)c1)NC[C@H](CC(=O)c1c(Cl)cc(-c2ccccc2)cc1Cl)C(=O)O. The van der Waals surface area contributed by atoms with Gasteiger partial charge in [0.25, 0.3) is 0 Å². The van der Waals surface area contributed by atoms with Crippen LogP contribution in [0.25, 0.3) is 11.1 Å². The summed E-state index contributed by atoms with van der Waals surface area (Å²) in [6, 6.07) is 19.5. The second-order valence-corrected chi connectivity index (χ2v) is 10.6. The summed E-state index contributed by atoms with van der Waals surface area (Å²) >= 11 is 12.8. The number of hydrogen-bond donors (Lipinski definition) is 4. The normalized spacial score (nSPS) is 13.3. The Kier molecular flexibility index (Phi) is 10.7. The smallest absolute Gasteiger partial charge is 0.308 e. The summed E-state index contributed by atoms with van der Waals surface area (Å²) in [5, 5.41) is 18.7. The highest BCUT2D eigenvalue weighted by molar-refractivity contribution is 6.40. The fourth-order valence-electron chi connectivity index (χ4n) is 4.43. The summed E-state index contributed by atoms with van der Waals surface area (Å²) in [4.78, 5) is 54.4. The Bertz CT molecular complexity index is 1490. The van der Waals surface area contributed by atoms with Gasteiger partial charge in [0.1, 0.15) is 0 Å². The number of amides is 1. The van der Waals surface area contributed by atoms with E-state index in [0.29, 0.717) is 17.2 Å². The van der Waals surface area contributed by atoms with E-state index in [1.54, 1.807) is 30.3 Å². The van der Waals surface area contributed by atoms with Gasteiger partial charge in [0, 0.05) is 50.1 Å². The van der Waals surface area contributed by atoms with Crippen LogP contribution in [-0.4, -0.2) is 54.1 Å². The zero-order chi connectivity index (χ0) is 30.1. The predicted molar refractivity (Wildman–Crippen MR) is 164 cm³/mol. The van der Waals surface area contributed by atoms with E-state index in [4.69, 9.17) is 23.2 Å². The van der Waals surface area contributed by atoms with Gasteiger partial charge in [0.2, 0.25) is 5.91 Å². The number of benzene rings is 3. The minimum absolute atomic E-state index is 0.0317. The molecular weight excluding hydrogens is 579 g/mol. The Morgan fingerprint density at radius 1 is 0.905 bits per heavy atom. The molecule has 0 unspecified atom stereocenters. The highest BCUT2D eigenvalue weighted by Gasteiger charge is 2.26. The summed E-state index contributed by atoms with van der Waals surface area (Å²) in [6.07, 6.45) is 0.341. The number of rotatable bonds is 12. The number of nitrogens with zero attached hydrogens (tertiary/aromatic N) is 1. The topological polar surface area (TPSA) is 137 Å². The van der Waals surface area contributed by atoms with Crippen molar-refractivity contribution >= 4 is 58.3 Å². The van der Waals surface area contributed by atoms with E-state index >= 15 is 0 Å². The number of anilines is 1. The van der Waals surface area contributed by atoms with E-state index in [1.807, 2.05) is 36.4 Å². The van der Waals surface area contributed by atoms with Crippen LogP contribution in [-0.2, 0) is 9.59 Å². The maximum absolute atomic E-state index is 13.0. The Balaban J connectivity index is 1.30. The lowest BCUT2D eigenvalue weighted by atomic mass is 9.96. The first kappa shape index (κ1) is 30.7. The number of nitrogens with one attached hydrogen (secondary N) is 3. The molecule has 0 saturated carbocycles. The molecule has 0 radical (unpaired) electrons. The highest BCUT2D eigenvalue weighted by atomic mass is 35.5. The van der Waals surface area contributed by atoms with Crippen LogP contribution in [0.5, 0.6) is 0 Å².